The Balaban J connectivity index is 2.85. The number of unbranched alkanes of at least 4 members (excludes halogenated alkanes) is 4. The minimum atomic E-state index is 0.284. The highest BCUT2D eigenvalue weighted by Crippen LogP contribution is 2.04. The van der Waals surface area contributed by atoms with Gasteiger partial charge in [-0.15, -0.1) is 0 Å². The van der Waals surface area contributed by atoms with Gasteiger partial charge in [-0.05, 0) is 19.8 Å². The molecule has 0 fully saturated rings. The van der Waals surface area contributed by atoms with Crippen molar-refractivity contribution in [2.75, 3.05) is 6.61 Å². The average Bonchev–Trinajstić information content (AvgIpc) is 1.96. The Labute approximate surface area is 68.6 Å². The monoisotopic (exact) mass is 158 g/mol. The van der Waals surface area contributed by atoms with Crippen molar-refractivity contribution in [3.05, 3.63) is 0 Å². The fourth-order valence-electron chi connectivity index (χ4n) is 1.02. The van der Waals surface area contributed by atoms with Gasteiger partial charge >= 0.3 is 0 Å². The predicted molar refractivity (Wildman–Crippen MR) is 45.5 cm³/mol. The predicted octanol–water partition coefficient (Wildman–Crippen LogP) is 1.91. The summed E-state index contributed by atoms with van der Waals surface area (Å²) in [6.07, 6.45) is 6.00. The number of aliphatic hydroxyl groups excluding tert-OH is 1. The zero-order chi connectivity index (χ0) is 8.53. The summed E-state index contributed by atoms with van der Waals surface area (Å²) in [5.74, 6) is 0.284. The summed E-state index contributed by atoms with van der Waals surface area (Å²) in [6.45, 7) is 1.93. The molecule has 0 heterocycles. The van der Waals surface area contributed by atoms with Crippen LogP contribution < -0.4 is 0 Å². The fraction of sp³-hybridized carbons (Fsp3) is 0.889. The summed E-state index contributed by atoms with van der Waals surface area (Å²) >= 11 is 0. The molecule has 2 nitrogen and oxygen atoms in total. The lowest BCUT2D eigenvalue weighted by Crippen LogP contribution is -1.89. The van der Waals surface area contributed by atoms with Gasteiger partial charge in [0.1, 0.15) is 5.78 Å². The summed E-state index contributed by atoms with van der Waals surface area (Å²) in [6, 6.07) is 0. The first-order valence-electron chi connectivity index (χ1n) is 4.37. The van der Waals surface area contributed by atoms with E-state index in [-0.39, 0.29) is 5.78 Å². The fourth-order valence-corrected chi connectivity index (χ4v) is 1.02. The van der Waals surface area contributed by atoms with Gasteiger partial charge in [0.15, 0.2) is 0 Å². The van der Waals surface area contributed by atoms with Crippen molar-refractivity contribution in [3.63, 3.8) is 0 Å². The van der Waals surface area contributed by atoms with Crippen molar-refractivity contribution in [2.24, 2.45) is 0 Å². The van der Waals surface area contributed by atoms with Crippen LogP contribution in [-0.4, -0.2) is 17.5 Å². The van der Waals surface area contributed by atoms with Crippen molar-refractivity contribution in [3.8, 4) is 0 Å². The third-order valence-electron chi connectivity index (χ3n) is 1.69. The summed E-state index contributed by atoms with van der Waals surface area (Å²) in [5.41, 5.74) is 0. The first-order chi connectivity index (χ1) is 5.27. The summed E-state index contributed by atoms with van der Waals surface area (Å²) in [7, 11) is 0. The minimum absolute atomic E-state index is 0.284. The lowest BCUT2D eigenvalue weighted by atomic mass is 10.1. The summed E-state index contributed by atoms with van der Waals surface area (Å²) in [5, 5.41) is 8.46. The van der Waals surface area contributed by atoms with Crippen LogP contribution in [0.5, 0.6) is 0 Å². The van der Waals surface area contributed by atoms with Gasteiger partial charge in [-0.1, -0.05) is 19.3 Å². The van der Waals surface area contributed by atoms with Crippen molar-refractivity contribution in [2.45, 2.75) is 45.4 Å². The highest BCUT2D eigenvalue weighted by atomic mass is 16.2. The molecular weight excluding hydrogens is 140 g/mol. The number of carbonyl (C=O) groups is 1. The van der Waals surface area contributed by atoms with Gasteiger partial charge in [-0.3, -0.25) is 0 Å². The van der Waals surface area contributed by atoms with Gasteiger partial charge in [-0.2, -0.15) is 0 Å². The SMILES string of the molecule is CC(=O)CCCCCCCO. The first kappa shape index (κ1) is 10.6. The molecule has 0 radical (unpaired) electrons. The molecule has 0 spiro atoms. The smallest absolute Gasteiger partial charge is 0.129 e. The van der Waals surface area contributed by atoms with E-state index in [9.17, 15) is 4.79 Å². The number of rotatable bonds is 7. The normalized spacial score (nSPS) is 10.0. The average molecular weight is 158 g/mol. The number of hydrogen-bond acceptors (Lipinski definition) is 2. The van der Waals surface area contributed by atoms with Crippen LogP contribution in [0.25, 0.3) is 0 Å². The van der Waals surface area contributed by atoms with E-state index < -0.39 is 0 Å². The Morgan fingerprint density at radius 2 is 1.64 bits per heavy atom. The van der Waals surface area contributed by atoms with E-state index in [1.807, 2.05) is 0 Å². The Morgan fingerprint density at radius 1 is 1.09 bits per heavy atom. The van der Waals surface area contributed by atoms with Gasteiger partial charge in [0.2, 0.25) is 0 Å². The Bertz CT molecular complexity index is 99.7. The molecule has 0 bridgehead atoms. The molecule has 66 valence electrons. The highest BCUT2D eigenvalue weighted by molar-refractivity contribution is 5.75. The van der Waals surface area contributed by atoms with Crippen molar-refractivity contribution in [1.82, 2.24) is 0 Å². The van der Waals surface area contributed by atoms with Gasteiger partial charge in [0, 0.05) is 13.0 Å². The molecule has 0 aromatic rings. The van der Waals surface area contributed by atoms with Gasteiger partial charge in [0.25, 0.3) is 0 Å². The van der Waals surface area contributed by atoms with E-state index >= 15 is 0 Å². The Morgan fingerprint density at radius 3 is 2.18 bits per heavy atom. The van der Waals surface area contributed by atoms with Crippen molar-refractivity contribution in [1.29, 1.82) is 0 Å². The molecule has 0 aliphatic heterocycles. The van der Waals surface area contributed by atoms with Crippen LogP contribution in [0.4, 0.5) is 0 Å². The topological polar surface area (TPSA) is 37.3 Å². The minimum Gasteiger partial charge on any atom is -0.396 e. The van der Waals surface area contributed by atoms with Crippen LogP contribution in [0.15, 0.2) is 0 Å². The molecule has 0 aromatic carbocycles. The molecular formula is C9H18O2. The third kappa shape index (κ3) is 9.63. The van der Waals surface area contributed by atoms with E-state index in [4.69, 9.17) is 5.11 Å². The quantitative estimate of drug-likeness (QED) is 0.575. The van der Waals surface area contributed by atoms with Crippen molar-refractivity contribution >= 4 is 5.78 Å². The number of Topliss-reactive ketones (excluding diaryl/α,β-unsaturated/α-hetero) is 1. The van der Waals surface area contributed by atoms with E-state index in [2.05, 4.69) is 0 Å². The second kappa shape index (κ2) is 7.73. The Hall–Kier alpha value is -0.370. The molecule has 1 N–H and O–H groups in total. The van der Waals surface area contributed by atoms with Crippen LogP contribution in [-0.2, 0) is 4.79 Å². The molecule has 0 aliphatic rings. The van der Waals surface area contributed by atoms with E-state index in [1.165, 1.54) is 0 Å². The van der Waals surface area contributed by atoms with Crippen LogP contribution >= 0.6 is 0 Å². The van der Waals surface area contributed by atoms with E-state index in [0.717, 1.165) is 38.5 Å². The number of ketones is 1. The summed E-state index contributed by atoms with van der Waals surface area (Å²) < 4.78 is 0. The number of carbonyl (C=O) groups excluding carboxylic acids is 1. The maximum atomic E-state index is 10.5. The molecule has 0 atom stereocenters. The molecule has 0 saturated carbocycles. The molecule has 2 heteroatoms. The van der Waals surface area contributed by atoms with Crippen molar-refractivity contribution < 1.29 is 9.90 Å². The molecule has 0 saturated heterocycles. The molecule has 0 aliphatic carbocycles. The maximum Gasteiger partial charge on any atom is 0.129 e. The van der Waals surface area contributed by atoms with Crippen LogP contribution in [0.3, 0.4) is 0 Å². The van der Waals surface area contributed by atoms with Crippen LogP contribution in [0.1, 0.15) is 45.4 Å². The highest BCUT2D eigenvalue weighted by Gasteiger charge is 1.93. The van der Waals surface area contributed by atoms with Crippen LogP contribution in [0, 0.1) is 0 Å². The molecule has 0 amide bonds. The molecule has 0 aromatic heterocycles. The van der Waals surface area contributed by atoms with Gasteiger partial charge in [-0.25, -0.2) is 0 Å². The van der Waals surface area contributed by atoms with E-state index in [0.29, 0.717) is 6.61 Å². The molecule has 0 rings (SSSR count). The van der Waals surface area contributed by atoms with Gasteiger partial charge < -0.3 is 9.90 Å². The molecule has 0 unspecified atom stereocenters. The lowest BCUT2D eigenvalue weighted by molar-refractivity contribution is -0.117. The zero-order valence-corrected chi connectivity index (χ0v) is 7.31. The number of hydrogen-bond donors (Lipinski definition) is 1. The third-order valence-corrected chi connectivity index (χ3v) is 1.69. The Kier molecular flexibility index (Phi) is 7.47. The largest absolute Gasteiger partial charge is 0.396 e. The first-order valence-corrected chi connectivity index (χ1v) is 4.37. The maximum absolute atomic E-state index is 10.5. The summed E-state index contributed by atoms with van der Waals surface area (Å²) in [4.78, 5) is 10.5. The standard InChI is InChI=1S/C9H18O2/c1-9(11)7-5-3-2-4-6-8-10/h10H,2-8H2,1H3. The van der Waals surface area contributed by atoms with Gasteiger partial charge in [0.05, 0.1) is 0 Å². The second-order valence-corrected chi connectivity index (χ2v) is 2.94. The second-order valence-electron chi connectivity index (χ2n) is 2.94. The number of aliphatic hydroxyl groups is 1. The van der Waals surface area contributed by atoms with E-state index in [1.54, 1.807) is 6.92 Å². The molecule has 11 heavy (non-hydrogen) atoms. The zero-order valence-electron chi connectivity index (χ0n) is 7.31. The van der Waals surface area contributed by atoms with Crippen LogP contribution in [0.2, 0.25) is 0 Å². The lowest BCUT2D eigenvalue weighted by Gasteiger charge is -1.97.